The Labute approximate surface area is 172 Å². The van der Waals surface area contributed by atoms with Crippen LogP contribution in [0.25, 0.3) is 0 Å². The lowest BCUT2D eigenvalue weighted by Gasteiger charge is -2.18. The van der Waals surface area contributed by atoms with E-state index < -0.39 is 0 Å². The number of rotatable bonds is 6. The molecule has 0 heterocycles. The maximum atomic E-state index is 12.3. The first-order valence-corrected chi connectivity index (χ1v) is 9.63. The fraction of sp³-hybridized carbons (Fsp3) is 0.200. The molecule has 0 unspecified atom stereocenters. The molecule has 0 bridgehead atoms. The quantitative estimate of drug-likeness (QED) is 0.460. The molecule has 0 atom stereocenters. The lowest BCUT2D eigenvalue weighted by atomic mass is 9.87. The number of hydrogen-bond donors (Lipinski definition) is 1. The van der Waals surface area contributed by atoms with Crippen molar-refractivity contribution in [1.29, 1.82) is 0 Å². The van der Waals surface area contributed by atoms with Crippen LogP contribution >= 0.6 is 0 Å². The lowest BCUT2D eigenvalue weighted by molar-refractivity contribution is 0.0955. The summed E-state index contributed by atoms with van der Waals surface area (Å²) in [6.07, 6.45) is 1.60. The molecule has 0 aliphatic rings. The second-order valence-corrected chi connectivity index (χ2v) is 7.84. The summed E-state index contributed by atoms with van der Waals surface area (Å²) in [6.45, 7) is 6.90. The fourth-order valence-corrected chi connectivity index (χ4v) is 2.80. The Morgan fingerprint density at radius 3 is 2.28 bits per heavy atom. The minimum Gasteiger partial charge on any atom is -0.488 e. The van der Waals surface area contributed by atoms with E-state index in [2.05, 4.69) is 31.3 Å². The van der Waals surface area contributed by atoms with Gasteiger partial charge in [0.2, 0.25) is 0 Å². The molecule has 0 saturated heterocycles. The van der Waals surface area contributed by atoms with Crippen molar-refractivity contribution < 1.29 is 9.53 Å². The van der Waals surface area contributed by atoms with Crippen molar-refractivity contribution in [3.05, 3.63) is 101 Å². The number of hydrazone groups is 1. The van der Waals surface area contributed by atoms with Gasteiger partial charge in [-0.15, -0.1) is 0 Å². The second-order valence-electron chi connectivity index (χ2n) is 7.84. The molecular weight excluding hydrogens is 360 g/mol. The summed E-state index contributed by atoms with van der Waals surface area (Å²) in [7, 11) is 0. The van der Waals surface area contributed by atoms with Crippen molar-refractivity contribution >= 4 is 12.1 Å². The highest BCUT2D eigenvalue weighted by Gasteiger charge is 2.14. The lowest BCUT2D eigenvalue weighted by Crippen LogP contribution is -2.18. The average Bonchev–Trinajstić information content (AvgIpc) is 2.73. The SMILES string of the molecule is CC(C)(C)c1ccc(C(=O)NN=Cc2ccccc2OCc2ccccc2)cc1. The van der Waals surface area contributed by atoms with Crippen LogP contribution in [0.5, 0.6) is 5.75 Å². The van der Waals surface area contributed by atoms with Crippen LogP contribution < -0.4 is 10.2 Å². The monoisotopic (exact) mass is 386 g/mol. The van der Waals surface area contributed by atoms with Gasteiger partial charge in [-0.2, -0.15) is 5.10 Å². The van der Waals surface area contributed by atoms with Gasteiger partial charge in [0.15, 0.2) is 0 Å². The van der Waals surface area contributed by atoms with E-state index in [4.69, 9.17) is 4.74 Å². The van der Waals surface area contributed by atoms with Gasteiger partial charge in [0, 0.05) is 11.1 Å². The van der Waals surface area contributed by atoms with Gasteiger partial charge >= 0.3 is 0 Å². The van der Waals surface area contributed by atoms with Crippen molar-refractivity contribution in [2.24, 2.45) is 5.10 Å². The molecule has 0 saturated carbocycles. The first-order chi connectivity index (χ1) is 13.9. The summed E-state index contributed by atoms with van der Waals surface area (Å²) in [6, 6.07) is 25.2. The van der Waals surface area contributed by atoms with Crippen LogP contribution in [0.1, 0.15) is 47.8 Å². The number of ether oxygens (including phenoxy) is 1. The zero-order chi connectivity index (χ0) is 20.7. The molecule has 1 amide bonds. The Kier molecular flexibility index (Phi) is 6.45. The fourth-order valence-electron chi connectivity index (χ4n) is 2.80. The molecule has 0 spiro atoms. The van der Waals surface area contributed by atoms with E-state index in [0.29, 0.717) is 17.9 Å². The summed E-state index contributed by atoms with van der Waals surface area (Å²) in [5, 5.41) is 4.10. The van der Waals surface area contributed by atoms with Crippen LogP contribution in [0.3, 0.4) is 0 Å². The maximum Gasteiger partial charge on any atom is 0.271 e. The van der Waals surface area contributed by atoms with Crippen LogP contribution in [0.4, 0.5) is 0 Å². The van der Waals surface area contributed by atoms with E-state index in [9.17, 15) is 4.79 Å². The molecule has 0 aliphatic carbocycles. The number of carbonyl (C=O) groups is 1. The van der Waals surface area contributed by atoms with Crippen LogP contribution in [0.15, 0.2) is 84.0 Å². The Hall–Kier alpha value is -3.40. The predicted molar refractivity (Wildman–Crippen MR) is 117 cm³/mol. The molecule has 29 heavy (non-hydrogen) atoms. The zero-order valence-corrected chi connectivity index (χ0v) is 17.1. The molecule has 4 nitrogen and oxygen atoms in total. The summed E-state index contributed by atoms with van der Waals surface area (Å²) < 4.78 is 5.91. The molecule has 1 N–H and O–H groups in total. The number of nitrogens with one attached hydrogen (secondary N) is 1. The third-order valence-corrected chi connectivity index (χ3v) is 4.54. The van der Waals surface area contributed by atoms with Crippen molar-refractivity contribution in [3.8, 4) is 5.75 Å². The number of amides is 1. The van der Waals surface area contributed by atoms with E-state index in [1.54, 1.807) is 6.21 Å². The van der Waals surface area contributed by atoms with Crippen LogP contribution in [-0.2, 0) is 12.0 Å². The third kappa shape index (κ3) is 5.79. The van der Waals surface area contributed by atoms with Gasteiger partial charge in [-0.1, -0.05) is 75.4 Å². The van der Waals surface area contributed by atoms with E-state index in [1.807, 2.05) is 78.9 Å². The van der Waals surface area contributed by atoms with Gasteiger partial charge in [-0.25, -0.2) is 5.43 Å². The molecule has 0 aromatic heterocycles. The topological polar surface area (TPSA) is 50.7 Å². The number of benzene rings is 3. The standard InChI is InChI=1S/C25H26N2O2/c1-25(2,3)22-15-13-20(14-16-22)24(28)27-26-17-21-11-7-8-12-23(21)29-18-19-9-5-4-6-10-19/h4-17H,18H2,1-3H3,(H,27,28). The van der Waals surface area contributed by atoms with Crippen molar-refractivity contribution in [2.75, 3.05) is 0 Å². The van der Waals surface area contributed by atoms with E-state index in [-0.39, 0.29) is 11.3 Å². The highest BCUT2D eigenvalue weighted by molar-refractivity contribution is 5.95. The van der Waals surface area contributed by atoms with Crippen molar-refractivity contribution in [2.45, 2.75) is 32.8 Å². The Bertz CT molecular complexity index is 972. The second kappa shape index (κ2) is 9.20. The number of hydrogen-bond acceptors (Lipinski definition) is 3. The van der Waals surface area contributed by atoms with E-state index >= 15 is 0 Å². The largest absolute Gasteiger partial charge is 0.488 e. The van der Waals surface area contributed by atoms with Crippen molar-refractivity contribution in [1.82, 2.24) is 5.43 Å². The number of carbonyl (C=O) groups excluding carboxylic acids is 1. The Balaban J connectivity index is 1.62. The number of para-hydroxylation sites is 1. The predicted octanol–water partition coefficient (Wildman–Crippen LogP) is 5.33. The Morgan fingerprint density at radius 1 is 0.931 bits per heavy atom. The van der Waals surface area contributed by atoms with Gasteiger partial charge in [0.25, 0.3) is 5.91 Å². The molecule has 3 aromatic carbocycles. The minimum absolute atomic E-state index is 0.0522. The van der Waals surface area contributed by atoms with Gasteiger partial charge in [0.05, 0.1) is 6.21 Å². The van der Waals surface area contributed by atoms with Crippen molar-refractivity contribution in [3.63, 3.8) is 0 Å². The normalized spacial score (nSPS) is 11.4. The summed E-state index contributed by atoms with van der Waals surface area (Å²) in [5.41, 5.74) is 6.28. The molecule has 3 rings (SSSR count). The smallest absolute Gasteiger partial charge is 0.271 e. The highest BCUT2D eigenvalue weighted by atomic mass is 16.5. The summed E-state index contributed by atoms with van der Waals surface area (Å²) in [5.74, 6) is 0.466. The maximum absolute atomic E-state index is 12.3. The van der Waals surface area contributed by atoms with Gasteiger partial charge in [-0.3, -0.25) is 4.79 Å². The van der Waals surface area contributed by atoms with Crippen LogP contribution in [-0.4, -0.2) is 12.1 Å². The van der Waals surface area contributed by atoms with Gasteiger partial charge < -0.3 is 4.74 Å². The molecular formula is C25H26N2O2. The zero-order valence-electron chi connectivity index (χ0n) is 17.1. The summed E-state index contributed by atoms with van der Waals surface area (Å²) >= 11 is 0. The van der Waals surface area contributed by atoms with Crippen LogP contribution in [0, 0.1) is 0 Å². The Morgan fingerprint density at radius 2 is 1.59 bits per heavy atom. The molecule has 0 aliphatic heterocycles. The van der Waals surface area contributed by atoms with Crippen LogP contribution in [0.2, 0.25) is 0 Å². The molecule has 0 fully saturated rings. The van der Waals surface area contributed by atoms with Gasteiger partial charge in [0.1, 0.15) is 12.4 Å². The third-order valence-electron chi connectivity index (χ3n) is 4.54. The molecule has 4 heteroatoms. The summed E-state index contributed by atoms with van der Waals surface area (Å²) in [4.78, 5) is 12.3. The minimum atomic E-state index is -0.246. The average molecular weight is 386 g/mol. The van der Waals surface area contributed by atoms with Gasteiger partial charge in [-0.05, 0) is 40.8 Å². The molecule has 0 radical (unpaired) electrons. The highest BCUT2D eigenvalue weighted by Crippen LogP contribution is 2.22. The number of nitrogens with zero attached hydrogens (tertiary/aromatic N) is 1. The van der Waals surface area contributed by atoms with E-state index in [0.717, 1.165) is 11.1 Å². The van der Waals surface area contributed by atoms with E-state index in [1.165, 1.54) is 5.56 Å². The molecule has 3 aromatic rings. The first-order valence-electron chi connectivity index (χ1n) is 9.63. The molecule has 148 valence electrons. The first kappa shape index (κ1) is 20.3.